The molecule has 0 amide bonds. The van der Waals surface area contributed by atoms with E-state index in [2.05, 4.69) is 0 Å². The van der Waals surface area contributed by atoms with Gasteiger partial charge in [-0.1, -0.05) is 59.7 Å². The van der Waals surface area contributed by atoms with Gasteiger partial charge in [0.25, 0.3) is 0 Å². The lowest BCUT2D eigenvalue weighted by Gasteiger charge is -2.18. The molecule has 19 heavy (non-hydrogen) atoms. The Bertz CT molecular complexity index is 507. The van der Waals surface area contributed by atoms with Crippen LogP contribution < -0.4 is 0 Å². The van der Waals surface area contributed by atoms with Crippen molar-refractivity contribution in [2.24, 2.45) is 0 Å². The van der Waals surface area contributed by atoms with Crippen molar-refractivity contribution in [1.29, 1.82) is 0 Å². The third-order valence-corrected chi connectivity index (χ3v) is 3.04. The number of carbonyl (C=O) groups excluding carboxylic acids is 1. The zero-order valence-electron chi connectivity index (χ0n) is 11.5. The maximum atomic E-state index is 11.3. The number of hydrogen-bond acceptors (Lipinski definition) is 2. The second-order valence-electron chi connectivity index (χ2n) is 4.81. The van der Waals surface area contributed by atoms with Gasteiger partial charge in [0.15, 0.2) is 6.10 Å². The molecule has 2 aromatic carbocycles. The second-order valence-corrected chi connectivity index (χ2v) is 4.81. The van der Waals surface area contributed by atoms with Crippen LogP contribution in [0.4, 0.5) is 0 Å². The van der Waals surface area contributed by atoms with E-state index in [0.29, 0.717) is 0 Å². The van der Waals surface area contributed by atoms with Crippen molar-refractivity contribution in [2.45, 2.75) is 26.9 Å². The van der Waals surface area contributed by atoms with Crippen molar-refractivity contribution in [2.75, 3.05) is 0 Å². The van der Waals surface area contributed by atoms with Crippen molar-refractivity contribution in [3.63, 3.8) is 0 Å². The quantitative estimate of drug-likeness (QED) is 0.775. The van der Waals surface area contributed by atoms with Gasteiger partial charge in [-0.15, -0.1) is 0 Å². The molecule has 0 spiro atoms. The third-order valence-electron chi connectivity index (χ3n) is 3.04. The number of benzene rings is 2. The molecular formula is C17H18O2. The number of ether oxygens (including phenoxy) is 1. The standard InChI is InChI=1S/C17H18O2/c1-12-4-8-15(9-5-12)17(19-14(3)18)16-10-6-13(2)7-11-16/h4-11,17H,1-3H3. The topological polar surface area (TPSA) is 26.3 Å². The number of carbonyl (C=O) groups is 1. The smallest absolute Gasteiger partial charge is 0.303 e. The Hall–Kier alpha value is -2.09. The molecule has 0 atom stereocenters. The molecule has 2 heteroatoms. The summed E-state index contributed by atoms with van der Waals surface area (Å²) in [6.45, 7) is 5.52. The number of hydrogen-bond donors (Lipinski definition) is 0. The van der Waals surface area contributed by atoms with Crippen LogP contribution in [0.1, 0.15) is 35.3 Å². The zero-order valence-corrected chi connectivity index (χ0v) is 11.5. The van der Waals surface area contributed by atoms with Gasteiger partial charge in [-0.2, -0.15) is 0 Å². The van der Waals surface area contributed by atoms with Crippen molar-refractivity contribution < 1.29 is 9.53 Å². The van der Waals surface area contributed by atoms with Crippen LogP contribution in [0.25, 0.3) is 0 Å². The van der Waals surface area contributed by atoms with Crippen LogP contribution in [0.3, 0.4) is 0 Å². The largest absolute Gasteiger partial charge is 0.453 e. The fourth-order valence-electron chi connectivity index (χ4n) is 1.98. The molecule has 0 bridgehead atoms. The number of rotatable bonds is 3. The molecule has 0 saturated heterocycles. The second kappa shape index (κ2) is 5.70. The molecule has 0 saturated carbocycles. The molecule has 0 aliphatic heterocycles. The van der Waals surface area contributed by atoms with Crippen LogP contribution in [0.15, 0.2) is 48.5 Å². The van der Waals surface area contributed by atoms with E-state index in [1.165, 1.54) is 18.1 Å². The van der Waals surface area contributed by atoms with Gasteiger partial charge in [-0.3, -0.25) is 4.79 Å². The fraction of sp³-hybridized carbons (Fsp3) is 0.235. The monoisotopic (exact) mass is 254 g/mol. The molecule has 0 unspecified atom stereocenters. The van der Waals surface area contributed by atoms with Gasteiger partial charge >= 0.3 is 5.97 Å². The minimum Gasteiger partial charge on any atom is -0.453 e. The molecule has 0 heterocycles. The lowest BCUT2D eigenvalue weighted by atomic mass is 9.99. The SMILES string of the molecule is CC(=O)OC(c1ccc(C)cc1)c1ccc(C)cc1. The summed E-state index contributed by atoms with van der Waals surface area (Å²) in [5.41, 5.74) is 4.36. The molecule has 0 N–H and O–H groups in total. The summed E-state index contributed by atoms with van der Waals surface area (Å²) in [5, 5.41) is 0. The van der Waals surface area contributed by atoms with Gasteiger partial charge < -0.3 is 4.74 Å². The predicted molar refractivity (Wildman–Crippen MR) is 76.0 cm³/mol. The maximum absolute atomic E-state index is 11.3. The summed E-state index contributed by atoms with van der Waals surface area (Å²) >= 11 is 0. The summed E-state index contributed by atoms with van der Waals surface area (Å²) in [6, 6.07) is 16.1. The van der Waals surface area contributed by atoms with E-state index in [0.717, 1.165) is 11.1 Å². The Morgan fingerprint density at radius 1 is 0.842 bits per heavy atom. The van der Waals surface area contributed by atoms with Crippen molar-refractivity contribution in [3.05, 3.63) is 70.8 Å². The van der Waals surface area contributed by atoms with Gasteiger partial charge in [0.2, 0.25) is 0 Å². The lowest BCUT2D eigenvalue weighted by molar-refractivity contribution is -0.144. The molecule has 0 aromatic heterocycles. The van der Waals surface area contributed by atoms with Crippen LogP contribution in [0.5, 0.6) is 0 Å². The van der Waals surface area contributed by atoms with E-state index in [9.17, 15) is 4.79 Å². The van der Waals surface area contributed by atoms with Crippen molar-refractivity contribution >= 4 is 5.97 Å². The first-order valence-electron chi connectivity index (χ1n) is 6.36. The highest BCUT2D eigenvalue weighted by Crippen LogP contribution is 2.26. The van der Waals surface area contributed by atoms with Gasteiger partial charge in [0, 0.05) is 6.92 Å². The zero-order chi connectivity index (χ0) is 13.8. The molecule has 0 aliphatic rings. The number of esters is 1. The van der Waals surface area contributed by atoms with Gasteiger partial charge in [-0.25, -0.2) is 0 Å². The average Bonchev–Trinajstić information content (AvgIpc) is 2.38. The van der Waals surface area contributed by atoms with Crippen LogP contribution in [-0.2, 0) is 9.53 Å². The molecule has 2 rings (SSSR count). The van der Waals surface area contributed by atoms with Crippen LogP contribution in [-0.4, -0.2) is 5.97 Å². The minimum atomic E-state index is -0.335. The highest BCUT2D eigenvalue weighted by molar-refractivity contribution is 5.66. The molecule has 2 aromatic rings. The van der Waals surface area contributed by atoms with E-state index in [1.54, 1.807) is 0 Å². The van der Waals surface area contributed by atoms with E-state index in [-0.39, 0.29) is 12.1 Å². The van der Waals surface area contributed by atoms with Crippen molar-refractivity contribution in [1.82, 2.24) is 0 Å². The summed E-state index contributed by atoms with van der Waals surface area (Å²) < 4.78 is 5.46. The van der Waals surface area contributed by atoms with Gasteiger partial charge in [0.1, 0.15) is 0 Å². The van der Waals surface area contributed by atoms with E-state index >= 15 is 0 Å². The highest BCUT2D eigenvalue weighted by atomic mass is 16.5. The van der Waals surface area contributed by atoms with Gasteiger partial charge in [-0.05, 0) is 25.0 Å². The van der Waals surface area contributed by atoms with E-state index in [1.807, 2.05) is 62.4 Å². The van der Waals surface area contributed by atoms with E-state index < -0.39 is 0 Å². The molecule has 98 valence electrons. The molecular weight excluding hydrogens is 236 g/mol. The highest BCUT2D eigenvalue weighted by Gasteiger charge is 2.16. The Morgan fingerprint density at radius 2 is 1.21 bits per heavy atom. The van der Waals surface area contributed by atoms with Crippen LogP contribution in [0.2, 0.25) is 0 Å². The van der Waals surface area contributed by atoms with Crippen LogP contribution in [0, 0.1) is 13.8 Å². The summed E-state index contributed by atoms with van der Waals surface area (Å²) in [4.78, 5) is 11.3. The Kier molecular flexibility index (Phi) is 4.00. The predicted octanol–water partition coefficient (Wildman–Crippen LogP) is 3.96. The molecule has 2 nitrogen and oxygen atoms in total. The Balaban J connectivity index is 2.37. The van der Waals surface area contributed by atoms with Crippen LogP contribution >= 0.6 is 0 Å². The fourth-order valence-corrected chi connectivity index (χ4v) is 1.98. The average molecular weight is 254 g/mol. The molecule has 0 aliphatic carbocycles. The summed E-state index contributed by atoms with van der Waals surface area (Å²) in [6.07, 6.45) is -0.335. The first-order chi connectivity index (χ1) is 9.06. The normalized spacial score (nSPS) is 10.5. The Labute approximate surface area is 114 Å². The third kappa shape index (κ3) is 3.44. The molecule has 0 radical (unpaired) electrons. The number of aryl methyl sites for hydroxylation is 2. The summed E-state index contributed by atoms with van der Waals surface area (Å²) in [5.74, 6) is -0.272. The first-order valence-corrected chi connectivity index (χ1v) is 6.36. The maximum Gasteiger partial charge on any atom is 0.303 e. The summed E-state index contributed by atoms with van der Waals surface area (Å²) in [7, 11) is 0. The minimum absolute atomic E-state index is 0.272. The molecule has 0 fully saturated rings. The lowest BCUT2D eigenvalue weighted by Crippen LogP contribution is -2.10. The van der Waals surface area contributed by atoms with Crippen molar-refractivity contribution in [3.8, 4) is 0 Å². The van der Waals surface area contributed by atoms with Gasteiger partial charge in [0.05, 0.1) is 0 Å². The first kappa shape index (κ1) is 13.3. The van der Waals surface area contributed by atoms with E-state index in [4.69, 9.17) is 4.74 Å². The Morgan fingerprint density at radius 3 is 1.53 bits per heavy atom.